The van der Waals surface area contributed by atoms with Gasteiger partial charge in [0, 0.05) is 16.4 Å². The van der Waals surface area contributed by atoms with Crippen LogP contribution in [0.2, 0.25) is 0 Å². The lowest BCUT2D eigenvalue weighted by Gasteiger charge is -2.49. The molecule has 1 aromatic heterocycles. The number of aliphatic carboxylic acids is 1. The van der Waals surface area contributed by atoms with Crippen LogP contribution in [0.1, 0.15) is 0 Å². The first kappa shape index (κ1) is 19.5. The van der Waals surface area contributed by atoms with Gasteiger partial charge < -0.3 is 10.4 Å². The van der Waals surface area contributed by atoms with Crippen LogP contribution in [0.15, 0.2) is 52.8 Å². The number of hydrogen-bond acceptors (Lipinski definition) is 8. The molecular weight excluding hydrogens is 416 g/mol. The van der Waals surface area contributed by atoms with E-state index in [0.29, 0.717) is 17.1 Å². The molecule has 0 radical (unpaired) electrons. The number of nitrogens with one attached hydrogen (secondary N) is 1. The third-order valence-corrected chi connectivity index (χ3v) is 6.86. The van der Waals surface area contributed by atoms with E-state index < -0.39 is 29.2 Å². The molecule has 4 rings (SSSR count). The molecule has 0 spiro atoms. The maximum Gasteiger partial charge on any atom is 0.352 e. The number of carboxylic acid groups (broad SMARTS) is 1. The second kappa shape index (κ2) is 8.25. The molecule has 2 aliphatic heterocycles. The maximum absolute atomic E-state index is 12.6. The Hall–Kier alpha value is -2.86. The minimum atomic E-state index is -1.13. The predicted octanol–water partition coefficient (Wildman–Crippen LogP) is 0.204. The van der Waals surface area contributed by atoms with Gasteiger partial charge in [-0.2, -0.15) is 0 Å². The van der Waals surface area contributed by atoms with Crippen LogP contribution in [0.5, 0.6) is 0 Å². The van der Waals surface area contributed by atoms with E-state index >= 15 is 0 Å². The van der Waals surface area contributed by atoms with Crippen LogP contribution in [0.25, 0.3) is 0 Å². The average Bonchev–Trinajstić information content (AvgIpc) is 3.23. The summed E-state index contributed by atoms with van der Waals surface area (Å²) in [6.45, 7) is -0.116. The Kier molecular flexibility index (Phi) is 5.53. The molecule has 1 fully saturated rings. The monoisotopic (exact) mass is 432 g/mol. The SMILES string of the molecule is O=C(Cn1cnnn1)N[C@@H]1C(=O)N2C(C(=O)O)=C(CSc3ccccc3)CSC12. The van der Waals surface area contributed by atoms with E-state index in [1.807, 2.05) is 30.3 Å². The van der Waals surface area contributed by atoms with Gasteiger partial charge in [-0.25, -0.2) is 9.48 Å². The van der Waals surface area contributed by atoms with E-state index in [-0.39, 0.29) is 12.2 Å². The van der Waals surface area contributed by atoms with Crippen molar-refractivity contribution in [3.63, 3.8) is 0 Å². The molecule has 1 saturated heterocycles. The van der Waals surface area contributed by atoms with Crippen LogP contribution in [0, 0.1) is 0 Å². The Balaban J connectivity index is 1.44. The molecule has 1 aromatic carbocycles. The van der Waals surface area contributed by atoms with Crippen molar-refractivity contribution in [2.45, 2.75) is 22.9 Å². The highest BCUT2D eigenvalue weighted by Crippen LogP contribution is 2.41. The first-order valence-electron chi connectivity index (χ1n) is 8.62. The van der Waals surface area contributed by atoms with Gasteiger partial charge in [-0.15, -0.1) is 28.6 Å². The topological polar surface area (TPSA) is 130 Å². The third-order valence-electron chi connectivity index (χ3n) is 4.42. The number of hydrogen-bond donors (Lipinski definition) is 2. The average molecular weight is 432 g/mol. The number of thioether (sulfide) groups is 2. The van der Waals surface area contributed by atoms with Gasteiger partial charge in [0.25, 0.3) is 5.91 Å². The summed E-state index contributed by atoms with van der Waals surface area (Å²) >= 11 is 2.97. The summed E-state index contributed by atoms with van der Waals surface area (Å²) in [7, 11) is 0. The first-order valence-corrected chi connectivity index (χ1v) is 10.7. The van der Waals surface area contributed by atoms with E-state index in [1.165, 1.54) is 39.4 Å². The highest BCUT2D eigenvalue weighted by atomic mass is 32.2. The summed E-state index contributed by atoms with van der Waals surface area (Å²) in [5, 5.41) is 22.4. The molecule has 2 aromatic rings. The van der Waals surface area contributed by atoms with E-state index in [9.17, 15) is 19.5 Å². The van der Waals surface area contributed by atoms with Crippen molar-refractivity contribution in [1.82, 2.24) is 30.4 Å². The lowest BCUT2D eigenvalue weighted by atomic mass is 10.0. The van der Waals surface area contributed by atoms with Crippen molar-refractivity contribution < 1.29 is 19.5 Å². The molecule has 29 heavy (non-hydrogen) atoms. The van der Waals surface area contributed by atoms with Gasteiger partial charge in [0.05, 0.1) is 0 Å². The lowest BCUT2D eigenvalue weighted by molar-refractivity contribution is -0.150. The Morgan fingerprint density at radius 2 is 2.10 bits per heavy atom. The van der Waals surface area contributed by atoms with Gasteiger partial charge >= 0.3 is 5.97 Å². The number of nitrogens with zero attached hydrogens (tertiary/aromatic N) is 5. The van der Waals surface area contributed by atoms with E-state index in [4.69, 9.17) is 0 Å². The van der Waals surface area contributed by atoms with Crippen LogP contribution in [-0.2, 0) is 20.9 Å². The molecule has 2 N–H and O–H groups in total. The molecule has 3 heterocycles. The van der Waals surface area contributed by atoms with Crippen molar-refractivity contribution in [2.24, 2.45) is 0 Å². The lowest BCUT2D eigenvalue weighted by Crippen LogP contribution is -2.70. The molecule has 0 bridgehead atoms. The quantitative estimate of drug-likeness (QED) is 0.465. The number of rotatable bonds is 7. The van der Waals surface area contributed by atoms with Crippen LogP contribution >= 0.6 is 23.5 Å². The van der Waals surface area contributed by atoms with Gasteiger partial charge in [-0.3, -0.25) is 14.5 Å². The molecule has 12 heteroatoms. The summed E-state index contributed by atoms with van der Waals surface area (Å²) < 4.78 is 1.24. The standard InChI is InChI=1S/C17H16N6O4S2/c24-12(6-22-9-18-20-21-22)19-13-15(25)23-14(17(26)27)10(8-29-16(13)23)7-28-11-4-2-1-3-5-11/h1-5,9,13,16H,6-8H2,(H,19,24)(H,26,27)/t13-,16?/m1/s1. The maximum atomic E-state index is 12.6. The smallest absolute Gasteiger partial charge is 0.352 e. The van der Waals surface area contributed by atoms with Crippen molar-refractivity contribution in [3.8, 4) is 0 Å². The number of β-lactam (4-membered cyclic amide) rings is 1. The number of carbonyl (C=O) groups excluding carboxylic acids is 2. The zero-order valence-corrected chi connectivity index (χ0v) is 16.6. The van der Waals surface area contributed by atoms with Crippen molar-refractivity contribution in [3.05, 3.63) is 47.9 Å². The summed E-state index contributed by atoms with van der Waals surface area (Å²) in [6.07, 6.45) is 1.30. The fraction of sp³-hybridized carbons (Fsp3) is 0.294. The fourth-order valence-electron chi connectivity index (χ4n) is 3.10. The van der Waals surface area contributed by atoms with Gasteiger partial charge in [0.15, 0.2) is 0 Å². The van der Waals surface area contributed by atoms with Gasteiger partial charge in [-0.05, 0) is 28.1 Å². The third kappa shape index (κ3) is 3.98. The second-order valence-electron chi connectivity index (χ2n) is 6.32. The van der Waals surface area contributed by atoms with Gasteiger partial charge in [-0.1, -0.05) is 18.2 Å². The van der Waals surface area contributed by atoms with E-state index in [0.717, 1.165) is 4.90 Å². The Bertz CT molecular complexity index is 966. The van der Waals surface area contributed by atoms with Crippen molar-refractivity contribution in [1.29, 1.82) is 0 Å². The van der Waals surface area contributed by atoms with Crippen molar-refractivity contribution >= 4 is 41.3 Å². The number of tetrazole rings is 1. The zero-order valence-electron chi connectivity index (χ0n) is 15.0. The zero-order chi connectivity index (χ0) is 20.4. The van der Waals surface area contributed by atoms with E-state index in [2.05, 4.69) is 20.8 Å². The molecule has 2 amide bonds. The minimum absolute atomic E-state index is 0.0214. The van der Waals surface area contributed by atoms with Crippen LogP contribution in [-0.4, -0.2) is 70.9 Å². The van der Waals surface area contributed by atoms with E-state index in [1.54, 1.807) is 0 Å². The first-order chi connectivity index (χ1) is 14.0. The predicted molar refractivity (Wildman–Crippen MR) is 105 cm³/mol. The minimum Gasteiger partial charge on any atom is -0.477 e. The molecule has 0 saturated carbocycles. The molecule has 0 aliphatic carbocycles. The molecule has 150 valence electrons. The summed E-state index contributed by atoms with van der Waals surface area (Å²) in [5.74, 6) is -1.01. The molecular formula is C17H16N6O4S2. The Morgan fingerprint density at radius 3 is 2.79 bits per heavy atom. The molecule has 2 atom stereocenters. The number of fused-ring (bicyclic) bond motifs is 1. The number of benzene rings is 1. The second-order valence-corrected chi connectivity index (χ2v) is 8.48. The summed E-state index contributed by atoms with van der Waals surface area (Å²) in [5.41, 5.74) is 0.715. The fourth-order valence-corrected chi connectivity index (χ4v) is 5.50. The highest BCUT2D eigenvalue weighted by molar-refractivity contribution is 8.01. The normalized spacial score (nSPS) is 20.8. The Labute approximate surface area is 173 Å². The summed E-state index contributed by atoms with van der Waals surface area (Å²) in [4.78, 5) is 38.9. The highest BCUT2D eigenvalue weighted by Gasteiger charge is 2.54. The van der Waals surface area contributed by atoms with Crippen LogP contribution in [0.4, 0.5) is 0 Å². The largest absolute Gasteiger partial charge is 0.477 e. The molecule has 2 aliphatic rings. The summed E-state index contributed by atoms with van der Waals surface area (Å²) in [6, 6.07) is 8.90. The van der Waals surface area contributed by atoms with Crippen LogP contribution in [0.3, 0.4) is 0 Å². The van der Waals surface area contributed by atoms with Gasteiger partial charge in [0.1, 0.15) is 30.0 Å². The molecule has 1 unspecified atom stereocenters. The van der Waals surface area contributed by atoms with Gasteiger partial charge in [0.2, 0.25) is 5.91 Å². The van der Waals surface area contributed by atoms with Crippen LogP contribution < -0.4 is 5.32 Å². The number of amides is 2. The number of carbonyl (C=O) groups is 3. The van der Waals surface area contributed by atoms with Crippen molar-refractivity contribution in [2.75, 3.05) is 11.5 Å². The number of carboxylic acids is 1. The molecule has 10 nitrogen and oxygen atoms in total. The number of aromatic nitrogens is 4. The Morgan fingerprint density at radius 1 is 1.31 bits per heavy atom.